The van der Waals surface area contributed by atoms with Crippen LogP contribution in [-0.4, -0.2) is 42.3 Å². The molecule has 1 atom stereocenters. The number of aromatic nitrogens is 5. The van der Waals surface area contributed by atoms with E-state index in [0.717, 1.165) is 42.9 Å². The molecule has 0 unspecified atom stereocenters. The second-order valence-corrected chi connectivity index (χ2v) is 5.80. The van der Waals surface area contributed by atoms with Crippen LogP contribution in [0.25, 0.3) is 0 Å². The van der Waals surface area contributed by atoms with Crippen molar-refractivity contribution in [1.82, 2.24) is 35.2 Å². The molecule has 2 heterocycles. The van der Waals surface area contributed by atoms with Crippen LogP contribution in [0.5, 0.6) is 0 Å². The van der Waals surface area contributed by atoms with Crippen molar-refractivity contribution in [3.05, 3.63) is 29.6 Å². The maximum Gasteiger partial charge on any atom is 0.315 e. The van der Waals surface area contributed by atoms with E-state index in [2.05, 4.69) is 25.9 Å². The summed E-state index contributed by atoms with van der Waals surface area (Å²) < 4.78 is 3.71. The van der Waals surface area contributed by atoms with Gasteiger partial charge >= 0.3 is 6.03 Å². The smallest absolute Gasteiger partial charge is 0.315 e. The van der Waals surface area contributed by atoms with E-state index in [0.29, 0.717) is 13.1 Å². The molecule has 0 saturated heterocycles. The van der Waals surface area contributed by atoms with Crippen LogP contribution in [0.4, 0.5) is 4.79 Å². The van der Waals surface area contributed by atoms with Crippen molar-refractivity contribution < 1.29 is 9.90 Å². The van der Waals surface area contributed by atoms with Gasteiger partial charge in [0.2, 0.25) is 0 Å². The third-order valence-electron chi connectivity index (χ3n) is 4.32. The largest absolute Gasteiger partial charge is 0.394 e. The van der Waals surface area contributed by atoms with Crippen molar-refractivity contribution in [2.24, 2.45) is 0 Å². The van der Waals surface area contributed by atoms with Gasteiger partial charge in [-0.15, -0.1) is 10.2 Å². The first-order valence-electron chi connectivity index (χ1n) is 8.29. The topological polar surface area (TPSA) is 110 Å². The molecular formula is C15H23N7O2. The summed E-state index contributed by atoms with van der Waals surface area (Å²) in [5.74, 6) is 0.729. The Labute approximate surface area is 140 Å². The Morgan fingerprint density at radius 3 is 3.17 bits per heavy atom. The lowest BCUT2D eigenvalue weighted by molar-refractivity contribution is 0.234. The molecule has 0 spiro atoms. The predicted molar refractivity (Wildman–Crippen MR) is 86.1 cm³/mol. The van der Waals surface area contributed by atoms with E-state index in [1.54, 1.807) is 12.5 Å². The molecule has 0 bridgehead atoms. The van der Waals surface area contributed by atoms with E-state index in [1.165, 1.54) is 0 Å². The Morgan fingerprint density at radius 1 is 1.50 bits per heavy atom. The van der Waals surface area contributed by atoms with E-state index in [-0.39, 0.29) is 18.7 Å². The van der Waals surface area contributed by atoms with E-state index in [4.69, 9.17) is 5.11 Å². The van der Waals surface area contributed by atoms with Crippen molar-refractivity contribution in [3.8, 4) is 0 Å². The number of urea groups is 1. The number of rotatable bonds is 6. The fraction of sp³-hybridized carbons (Fsp3) is 0.600. The van der Waals surface area contributed by atoms with Gasteiger partial charge in [-0.05, 0) is 26.2 Å². The summed E-state index contributed by atoms with van der Waals surface area (Å²) in [5.41, 5.74) is 2.15. The Balaban J connectivity index is 1.59. The maximum absolute atomic E-state index is 12.2. The van der Waals surface area contributed by atoms with E-state index < -0.39 is 0 Å². The molecule has 1 aliphatic carbocycles. The average Bonchev–Trinajstić information content (AvgIpc) is 3.21. The predicted octanol–water partition coefficient (Wildman–Crippen LogP) is 0.364. The molecule has 9 heteroatoms. The second-order valence-electron chi connectivity index (χ2n) is 5.80. The zero-order chi connectivity index (χ0) is 16.9. The van der Waals surface area contributed by atoms with Gasteiger partial charge in [0, 0.05) is 17.8 Å². The molecule has 0 radical (unpaired) electrons. The van der Waals surface area contributed by atoms with E-state index >= 15 is 0 Å². The fourth-order valence-electron chi connectivity index (χ4n) is 3.10. The Bertz CT molecular complexity index is 694. The number of fused-ring (bicyclic) bond motifs is 1. The monoisotopic (exact) mass is 333 g/mol. The summed E-state index contributed by atoms with van der Waals surface area (Å²) in [6, 6.07) is -0.279. The van der Waals surface area contributed by atoms with Crippen molar-refractivity contribution in [1.29, 1.82) is 0 Å². The number of amides is 2. The Hall–Kier alpha value is -2.42. The number of carbonyl (C=O) groups is 1. The van der Waals surface area contributed by atoms with Gasteiger partial charge in [0.1, 0.15) is 6.33 Å². The van der Waals surface area contributed by atoms with Crippen LogP contribution in [-0.2, 0) is 26.1 Å². The second kappa shape index (κ2) is 7.43. The highest BCUT2D eigenvalue weighted by Gasteiger charge is 2.25. The number of aryl methyl sites for hydroxylation is 1. The first-order chi connectivity index (χ1) is 11.7. The van der Waals surface area contributed by atoms with Gasteiger partial charge in [0.25, 0.3) is 0 Å². The van der Waals surface area contributed by atoms with Crippen LogP contribution < -0.4 is 10.6 Å². The molecule has 1 aliphatic rings. The molecule has 24 heavy (non-hydrogen) atoms. The quantitative estimate of drug-likeness (QED) is 0.707. The number of nitrogens with zero attached hydrogens (tertiary/aromatic N) is 5. The third kappa shape index (κ3) is 3.40. The standard InChI is InChI=1S/C15H23N7O2/c1-2-21-10-17-20-14(21)9-16-15(24)19-12-4-3-5-13-11(12)8-18-22(13)6-7-23/h8,10,12,23H,2-7,9H2,1H3,(H2,16,19,24)/t12-/m1/s1. The summed E-state index contributed by atoms with van der Waals surface area (Å²) in [6.07, 6.45) is 6.24. The molecule has 130 valence electrons. The van der Waals surface area contributed by atoms with Gasteiger partial charge in [0.15, 0.2) is 5.82 Å². The van der Waals surface area contributed by atoms with Crippen LogP contribution in [0.1, 0.15) is 42.9 Å². The minimum absolute atomic E-state index is 0.0507. The van der Waals surface area contributed by atoms with Crippen molar-refractivity contribution in [2.75, 3.05) is 6.61 Å². The molecule has 0 aliphatic heterocycles. The number of aliphatic hydroxyl groups excluding tert-OH is 1. The summed E-state index contributed by atoms with van der Waals surface area (Å²) in [4.78, 5) is 12.2. The lowest BCUT2D eigenvalue weighted by Gasteiger charge is -2.24. The van der Waals surface area contributed by atoms with Crippen LogP contribution in [0.3, 0.4) is 0 Å². The third-order valence-corrected chi connectivity index (χ3v) is 4.32. The number of hydrogen-bond donors (Lipinski definition) is 3. The highest BCUT2D eigenvalue weighted by molar-refractivity contribution is 5.74. The zero-order valence-electron chi connectivity index (χ0n) is 13.8. The molecule has 2 aromatic rings. The van der Waals surface area contributed by atoms with Crippen LogP contribution in [0.15, 0.2) is 12.5 Å². The normalized spacial score (nSPS) is 16.7. The number of aliphatic hydroxyl groups is 1. The lowest BCUT2D eigenvalue weighted by atomic mass is 9.93. The minimum atomic E-state index is -0.228. The number of hydrogen-bond acceptors (Lipinski definition) is 5. The molecule has 2 amide bonds. The van der Waals surface area contributed by atoms with Crippen LogP contribution in [0, 0.1) is 0 Å². The molecule has 2 aromatic heterocycles. The van der Waals surface area contributed by atoms with Crippen molar-refractivity contribution in [2.45, 2.75) is 51.9 Å². The van der Waals surface area contributed by atoms with Crippen molar-refractivity contribution >= 4 is 6.03 Å². The summed E-state index contributed by atoms with van der Waals surface area (Å²) in [7, 11) is 0. The van der Waals surface area contributed by atoms with E-state index in [1.807, 2.05) is 16.2 Å². The maximum atomic E-state index is 12.2. The van der Waals surface area contributed by atoms with Gasteiger partial charge in [-0.25, -0.2) is 4.79 Å². The Morgan fingerprint density at radius 2 is 2.38 bits per heavy atom. The van der Waals surface area contributed by atoms with Gasteiger partial charge < -0.3 is 20.3 Å². The first-order valence-corrected chi connectivity index (χ1v) is 8.29. The summed E-state index contributed by atoms with van der Waals surface area (Å²) in [5, 5.41) is 27.1. The zero-order valence-corrected chi connectivity index (χ0v) is 13.8. The fourth-order valence-corrected chi connectivity index (χ4v) is 3.10. The summed E-state index contributed by atoms with van der Waals surface area (Å²) >= 11 is 0. The number of nitrogens with one attached hydrogen (secondary N) is 2. The first kappa shape index (κ1) is 16.4. The highest BCUT2D eigenvalue weighted by atomic mass is 16.3. The summed E-state index contributed by atoms with van der Waals surface area (Å²) in [6.45, 7) is 3.65. The molecule has 9 nitrogen and oxygen atoms in total. The molecule has 0 fully saturated rings. The molecule has 0 aromatic carbocycles. The number of carbonyl (C=O) groups excluding carboxylic acids is 1. The SMILES string of the molecule is CCn1cnnc1CNC(=O)N[C@@H]1CCCc2c1cnn2CCO. The molecule has 3 rings (SSSR count). The Kier molecular flexibility index (Phi) is 5.09. The van der Waals surface area contributed by atoms with Crippen LogP contribution >= 0.6 is 0 Å². The molecular weight excluding hydrogens is 310 g/mol. The van der Waals surface area contributed by atoms with Gasteiger partial charge in [-0.3, -0.25) is 4.68 Å². The molecule has 3 N–H and O–H groups in total. The highest BCUT2D eigenvalue weighted by Crippen LogP contribution is 2.29. The van der Waals surface area contributed by atoms with Gasteiger partial charge in [-0.2, -0.15) is 5.10 Å². The van der Waals surface area contributed by atoms with E-state index in [9.17, 15) is 4.79 Å². The van der Waals surface area contributed by atoms with Crippen LogP contribution in [0.2, 0.25) is 0 Å². The minimum Gasteiger partial charge on any atom is -0.394 e. The average molecular weight is 333 g/mol. The van der Waals surface area contributed by atoms with Gasteiger partial charge in [-0.1, -0.05) is 0 Å². The van der Waals surface area contributed by atoms with Crippen molar-refractivity contribution in [3.63, 3.8) is 0 Å². The molecule has 0 saturated carbocycles. The lowest BCUT2D eigenvalue weighted by Crippen LogP contribution is -2.39. The van der Waals surface area contributed by atoms with Gasteiger partial charge in [0.05, 0.1) is 31.9 Å².